The third-order valence-corrected chi connectivity index (χ3v) is 3.95. The van der Waals surface area contributed by atoms with Crippen LogP contribution in [0, 0.1) is 6.92 Å². The third kappa shape index (κ3) is 3.79. The second-order valence-electron chi connectivity index (χ2n) is 4.49. The van der Waals surface area contributed by atoms with Crippen LogP contribution >= 0.6 is 11.3 Å². The van der Waals surface area contributed by atoms with E-state index in [9.17, 15) is 9.90 Å². The lowest BCUT2D eigenvalue weighted by atomic mass is 9.96. The molecule has 0 aliphatic heterocycles. The normalized spacial score (nSPS) is 12.3. The lowest BCUT2D eigenvalue weighted by molar-refractivity contribution is -0.137. The molecular formula is C14H15NO3S. The molecular weight excluding hydrogens is 262 g/mol. The summed E-state index contributed by atoms with van der Waals surface area (Å²) in [5.74, 6) is -0.735. The van der Waals surface area contributed by atoms with Crippen molar-refractivity contribution in [3.63, 3.8) is 0 Å². The van der Waals surface area contributed by atoms with Gasteiger partial charge < -0.3 is 10.2 Å². The zero-order chi connectivity index (χ0) is 13.8. The number of benzene rings is 1. The number of thiazole rings is 1. The van der Waals surface area contributed by atoms with E-state index in [0.29, 0.717) is 6.42 Å². The van der Waals surface area contributed by atoms with Gasteiger partial charge in [0.25, 0.3) is 0 Å². The third-order valence-electron chi connectivity index (χ3n) is 2.83. The smallest absolute Gasteiger partial charge is 0.304 e. The van der Waals surface area contributed by atoms with E-state index in [1.54, 1.807) is 12.1 Å². The molecule has 2 N–H and O–H groups in total. The molecule has 1 atom stereocenters. The van der Waals surface area contributed by atoms with E-state index < -0.39 is 5.97 Å². The molecule has 1 aromatic carbocycles. The number of hydrogen-bond acceptors (Lipinski definition) is 4. The Labute approximate surface area is 115 Å². The number of hydrogen-bond donors (Lipinski definition) is 2. The van der Waals surface area contributed by atoms with Crippen molar-refractivity contribution in [2.24, 2.45) is 0 Å². The van der Waals surface area contributed by atoms with Crippen LogP contribution in [0.25, 0.3) is 0 Å². The largest absolute Gasteiger partial charge is 0.508 e. The fraction of sp³-hybridized carbons (Fsp3) is 0.286. The van der Waals surface area contributed by atoms with E-state index in [-0.39, 0.29) is 18.1 Å². The second kappa shape index (κ2) is 5.84. The quantitative estimate of drug-likeness (QED) is 0.881. The number of aromatic nitrogens is 1. The first-order valence-corrected chi connectivity index (χ1v) is 6.84. The standard InChI is InChI=1S/C14H15NO3S/c1-9-8-19-14(15-9)11(7-13(17)18)6-10-2-4-12(16)5-3-10/h2-5,8,11,16H,6-7H2,1H3,(H,17,18). The topological polar surface area (TPSA) is 70.4 Å². The minimum absolute atomic E-state index is 0.0633. The van der Waals surface area contributed by atoms with Crippen LogP contribution < -0.4 is 0 Å². The molecule has 0 radical (unpaired) electrons. The minimum Gasteiger partial charge on any atom is -0.508 e. The SMILES string of the molecule is Cc1csc(C(CC(=O)O)Cc2ccc(O)cc2)n1. The first kappa shape index (κ1) is 13.5. The number of rotatable bonds is 5. The van der Waals surface area contributed by atoms with Crippen molar-refractivity contribution in [1.82, 2.24) is 4.98 Å². The molecule has 100 valence electrons. The summed E-state index contributed by atoms with van der Waals surface area (Å²) in [7, 11) is 0. The van der Waals surface area contributed by atoms with Crippen molar-refractivity contribution in [2.45, 2.75) is 25.7 Å². The Morgan fingerprint density at radius 3 is 2.58 bits per heavy atom. The maximum atomic E-state index is 11.0. The van der Waals surface area contributed by atoms with Gasteiger partial charge in [-0.1, -0.05) is 12.1 Å². The number of aliphatic carboxylic acids is 1. The number of nitrogens with zero attached hydrogens (tertiary/aromatic N) is 1. The number of phenolic OH excluding ortho intramolecular Hbond substituents is 1. The molecule has 0 saturated carbocycles. The predicted molar refractivity (Wildman–Crippen MR) is 73.7 cm³/mol. The predicted octanol–water partition coefficient (Wildman–Crippen LogP) is 2.96. The van der Waals surface area contributed by atoms with Gasteiger partial charge in [0.2, 0.25) is 0 Å². The van der Waals surface area contributed by atoms with Gasteiger partial charge in [0, 0.05) is 17.0 Å². The average Bonchev–Trinajstić information content (AvgIpc) is 2.77. The van der Waals surface area contributed by atoms with Crippen LogP contribution in [0.5, 0.6) is 5.75 Å². The number of phenols is 1. The number of carbonyl (C=O) groups is 1. The maximum Gasteiger partial charge on any atom is 0.304 e. The fourth-order valence-corrected chi connectivity index (χ4v) is 2.83. The Kier molecular flexibility index (Phi) is 4.16. The van der Waals surface area contributed by atoms with Gasteiger partial charge in [-0.2, -0.15) is 0 Å². The summed E-state index contributed by atoms with van der Waals surface area (Å²) in [6.07, 6.45) is 0.674. The molecule has 0 spiro atoms. The summed E-state index contributed by atoms with van der Waals surface area (Å²) < 4.78 is 0. The highest BCUT2D eigenvalue weighted by Gasteiger charge is 2.19. The minimum atomic E-state index is -0.823. The maximum absolute atomic E-state index is 11.0. The van der Waals surface area contributed by atoms with Gasteiger partial charge in [-0.3, -0.25) is 4.79 Å². The number of aromatic hydroxyl groups is 1. The summed E-state index contributed by atoms with van der Waals surface area (Å²) in [5.41, 5.74) is 1.91. The first-order chi connectivity index (χ1) is 9.04. The molecule has 19 heavy (non-hydrogen) atoms. The van der Waals surface area contributed by atoms with E-state index in [1.807, 2.05) is 24.4 Å². The highest BCUT2D eigenvalue weighted by molar-refractivity contribution is 7.09. The van der Waals surface area contributed by atoms with Crippen molar-refractivity contribution in [3.8, 4) is 5.75 Å². The van der Waals surface area contributed by atoms with Gasteiger partial charge in [-0.05, 0) is 31.0 Å². The molecule has 1 unspecified atom stereocenters. The average molecular weight is 277 g/mol. The molecule has 0 aliphatic carbocycles. The van der Waals surface area contributed by atoms with E-state index in [2.05, 4.69) is 4.98 Å². The Bertz CT molecular complexity index is 562. The molecule has 2 aromatic rings. The molecule has 0 fully saturated rings. The van der Waals surface area contributed by atoms with Crippen LogP contribution in [0.15, 0.2) is 29.6 Å². The Hall–Kier alpha value is -1.88. The van der Waals surface area contributed by atoms with Gasteiger partial charge in [0.15, 0.2) is 0 Å². The first-order valence-electron chi connectivity index (χ1n) is 5.96. The Morgan fingerprint density at radius 2 is 2.05 bits per heavy atom. The van der Waals surface area contributed by atoms with Crippen LogP contribution in [0.3, 0.4) is 0 Å². The molecule has 1 heterocycles. The van der Waals surface area contributed by atoms with Gasteiger partial charge in [-0.15, -0.1) is 11.3 Å². The zero-order valence-electron chi connectivity index (χ0n) is 10.5. The molecule has 0 bridgehead atoms. The van der Waals surface area contributed by atoms with E-state index in [0.717, 1.165) is 16.3 Å². The second-order valence-corrected chi connectivity index (χ2v) is 5.38. The van der Waals surface area contributed by atoms with Crippen LogP contribution in [0.4, 0.5) is 0 Å². The number of carboxylic acids is 1. The van der Waals surface area contributed by atoms with Crippen molar-refractivity contribution in [3.05, 3.63) is 45.9 Å². The summed E-state index contributed by atoms with van der Waals surface area (Å²) in [6.45, 7) is 1.90. The lowest BCUT2D eigenvalue weighted by Crippen LogP contribution is -2.09. The summed E-state index contributed by atoms with van der Waals surface area (Å²) in [4.78, 5) is 15.4. The molecule has 1 aromatic heterocycles. The van der Waals surface area contributed by atoms with Crippen molar-refractivity contribution in [2.75, 3.05) is 0 Å². The van der Waals surface area contributed by atoms with Crippen LogP contribution in [-0.4, -0.2) is 21.2 Å². The number of carboxylic acid groups (broad SMARTS) is 1. The summed E-state index contributed by atoms with van der Waals surface area (Å²) in [5, 5.41) is 21.0. The van der Waals surface area contributed by atoms with Crippen molar-refractivity contribution in [1.29, 1.82) is 0 Å². The van der Waals surface area contributed by atoms with Crippen molar-refractivity contribution < 1.29 is 15.0 Å². The lowest BCUT2D eigenvalue weighted by Gasteiger charge is -2.12. The van der Waals surface area contributed by atoms with Crippen LogP contribution in [0.2, 0.25) is 0 Å². The Balaban J connectivity index is 2.18. The van der Waals surface area contributed by atoms with Crippen molar-refractivity contribution >= 4 is 17.3 Å². The molecule has 5 heteroatoms. The number of aryl methyl sites for hydroxylation is 1. The fourth-order valence-electron chi connectivity index (χ4n) is 1.93. The zero-order valence-corrected chi connectivity index (χ0v) is 11.4. The molecule has 0 saturated heterocycles. The highest BCUT2D eigenvalue weighted by atomic mass is 32.1. The molecule has 0 amide bonds. The van der Waals surface area contributed by atoms with Gasteiger partial charge in [-0.25, -0.2) is 4.98 Å². The highest BCUT2D eigenvalue weighted by Crippen LogP contribution is 2.27. The van der Waals surface area contributed by atoms with E-state index in [4.69, 9.17) is 5.11 Å². The summed E-state index contributed by atoms with van der Waals surface area (Å²) in [6, 6.07) is 6.84. The van der Waals surface area contributed by atoms with Gasteiger partial charge in [0.05, 0.1) is 11.4 Å². The Morgan fingerprint density at radius 1 is 1.37 bits per heavy atom. The molecule has 0 aliphatic rings. The van der Waals surface area contributed by atoms with Gasteiger partial charge >= 0.3 is 5.97 Å². The van der Waals surface area contributed by atoms with E-state index >= 15 is 0 Å². The van der Waals surface area contributed by atoms with Gasteiger partial charge in [0.1, 0.15) is 5.75 Å². The van der Waals surface area contributed by atoms with Crippen LogP contribution in [-0.2, 0) is 11.2 Å². The van der Waals surface area contributed by atoms with E-state index in [1.165, 1.54) is 11.3 Å². The van der Waals surface area contributed by atoms with Crippen LogP contribution in [0.1, 0.15) is 28.6 Å². The monoisotopic (exact) mass is 277 g/mol. The molecule has 2 rings (SSSR count). The summed E-state index contributed by atoms with van der Waals surface area (Å²) >= 11 is 1.50. The molecule has 4 nitrogen and oxygen atoms in total.